The smallest absolute Gasteiger partial charge is 0.268 e. The molecule has 0 spiro atoms. The van der Waals surface area contributed by atoms with Crippen molar-refractivity contribution in [1.82, 2.24) is 3.97 Å². The largest absolute Gasteiger partial charge is 0.280 e. The van der Waals surface area contributed by atoms with Gasteiger partial charge in [0.25, 0.3) is 20.0 Å². The first-order valence-electron chi connectivity index (χ1n) is 9.20. The molecule has 0 saturated carbocycles. The summed E-state index contributed by atoms with van der Waals surface area (Å²) in [4.78, 5) is 0.350. The van der Waals surface area contributed by atoms with Gasteiger partial charge >= 0.3 is 0 Å². The Balaban J connectivity index is 1.69. The van der Waals surface area contributed by atoms with Crippen molar-refractivity contribution in [2.24, 2.45) is 0 Å². The number of rotatable bonds is 5. The minimum Gasteiger partial charge on any atom is -0.280 e. The highest BCUT2D eigenvalue weighted by Gasteiger charge is 2.19. The standard InChI is InChI=1S/C22H20N2O4S2/c1-16-3-8-20(9-4-16)29(25,26)23-19-7-12-22-18(15-19)13-14-24(22)30(27,28)21-10-5-17(2)6-11-21/h3-15,23H,1-2H3. The van der Waals surface area contributed by atoms with Crippen LogP contribution in [0.5, 0.6) is 0 Å². The highest BCUT2D eigenvalue weighted by molar-refractivity contribution is 7.92. The minimum atomic E-state index is -3.76. The van der Waals surface area contributed by atoms with Crippen LogP contribution in [0.1, 0.15) is 11.1 Å². The molecule has 6 nitrogen and oxygen atoms in total. The number of fused-ring (bicyclic) bond motifs is 1. The minimum absolute atomic E-state index is 0.160. The highest BCUT2D eigenvalue weighted by Crippen LogP contribution is 2.26. The molecule has 4 aromatic rings. The first-order chi connectivity index (χ1) is 14.2. The molecule has 0 aliphatic heterocycles. The molecule has 0 aliphatic carbocycles. The monoisotopic (exact) mass is 440 g/mol. The Labute approximate surface area is 175 Å². The van der Waals surface area contributed by atoms with Crippen LogP contribution in [0.3, 0.4) is 0 Å². The molecular formula is C22H20N2O4S2. The second-order valence-electron chi connectivity index (χ2n) is 7.12. The van der Waals surface area contributed by atoms with Gasteiger partial charge in [0.1, 0.15) is 0 Å². The molecule has 0 bridgehead atoms. The molecule has 0 saturated heterocycles. The predicted molar refractivity (Wildman–Crippen MR) is 118 cm³/mol. The van der Waals surface area contributed by atoms with E-state index in [4.69, 9.17) is 0 Å². The van der Waals surface area contributed by atoms with Gasteiger partial charge in [0, 0.05) is 17.3 Å². The molecule has 0 unspecified atom stereocenters. The summed E-state index contributed by atoms with van der Waals surface area (Å²) in [6.45, 7) is 3.77. The summed E-state index contributed by atoms with van der Waals surface area (Å²) in [7, 11) is -7.50. The zero-order valence-corrected chi connectivity index (χ0v) is 18.0. The fourth-order valence-corrected chi connectivity index (χ4v) is 5.55. The van der Waals surface area contributed by atoms with E-state index in [1.54, 1.807) is 72.8 Å². The van der Waals surface area contributed by atoms with Crippen LogP contribution < -0.4 is 4.72 Å². The third-order valence-corrected chi connectivity index (χ3v) is 7.92. The fraction of sp³-hybridized carbons (Fsp3) is 0.0909. The first kappa shape index (κ1) is 20.2. The number of aryl methyl sites for hydroxylation is 2. The molecule has 4 rings (SSSR count). The highest BCUT2D eigenvalue weighted by atomic mass is 32.2. The maximum atomic E-state index is 13.0. The molecule has 0 amide bonds. The Morgan fingerprint density at radius 3 is 1.87 bits per heavy atom. The van der Waals surface area contributed by atoms with Crippen molar-refractivity contribution in [2.75, 3.05) is 4.72 Å². The third-order valence-electron chi connectivity index (χ3n) is 4.82. The Bertz CT molecular complexity index is 1440. The van der Waals surface area contributed by atoms with Crippen molar-refractivity contribution < 1.29 is 16.8 Å². The summed E-state index contributed by atoms with van der Waals surface area (Å²) >= 11 is 0. The number of benzene rings is 3. The van der Waals surface area contributed by atoms with Gasteiger partial charge in [0.05, 0.1) is 15.3 Å². The van der Waals surface area contributed by atoms with Crippen molar-refractivity contribution in [3.63, 3.8) is 0 Å². The Hall–Kier alpha value is -3.10. The van der Waals surface area contributed by atoms with Crippen LogP contribution >= 0.6 is 0 Å². The molecule has 3 aromatic carbocycles. The van der Waals surface area contributed by atoms with E-state index in [9.17, 15) is 16.8 Å². The van der Waals surface area contributed by atoms with E-state index in [2.05, 4.69) is 4.72 Å². The number of nitrogens with zero attached hydrogens (tertiary/aromatic N) is 1. The number of sulfonamides is 1. The average molecular weight is 441 g/mol. The van der Waals surface area contributed by atoms with Gasteiger partial charge in [-0.25, -0.2) is 20.8 Å². The van der Waals surface area contributed by atoms with Crippen LogP contribution in [0.15, 0.2) is 88.8 Å². The van der Waals surface area contributed by atoms with E-state index >= 15 is 0 Å². The summed E-state index contributed by atoms with van der Waals surface area (Å²) < 4.78 is 55.0. The molecular weight excluding hydrogens is 420 g/mol. The third kappa shape index (κ3) is 3.71. The van der Waals surface area contributed by atoms with E-state index in [0.29, 0.717) is 16.6 Å². The van der Waals surface area contributed by atoms with Crippen LogP contribution in [0.25, 0.3) is 10.9 Å². The number of hydrogen-bond acceptors (Lipinski definition) is 4. The number of nitrogens with one attached hydrogen (secondary N) is 1. The van der Waals surface area contributed by atoms with Crippen molar-refractivity contribution in [1.29, 1.82) is 0 Å². The van der Waals surface area contributed by atoms with E-state index in [0.717, 1.165) is 11.1 Å². The molecule has 0 fully saturated rings. The normalized spacial score (nSPS) is 12.2. The van der Waals surface area contributed by atoms with Crippen molar-refractivity contribution in [2.45, 2.75) is 23.6 Å². The zero-order chi connectivity index (χ0) is 21.5. The maximum Gasteiger partial charge on any atom is 0.268 e. The van der Waals surface area contributed by atoms with Gasteiger partial charge in [-0.3, -0.25) is 4.72 Å². The topological polar surface area (TPSA) is 85.2 Å². The van der Waals surface area contributed by atoms with Crippen LogP contribution in [-0.2, 0) is 20.0 Å². The molecule has 1 aromatic heterocycles. The summed E-state index contributed by atoms with van der Waals surface area (Å²) in [5.41, 5.74) is 2.76. The lowest BCUT2D eigenvalue weighted by molar-refractivity contribution is 0.589. The van der Waals surface area contributed by atoms with Crippen LogP contribution in [0.2, 0.25) is 0 Å². The lowest BCUT2D eigenvalue weighted by Gasteiger charge is -2.10. The Kier molecular flexibility index (Phi) is 4.91. The molecule has 0 radical (unpaired) electrons. The molecule has 154 valence electrons. The number of anilines is 1. The van der Waals surface area contributed by atoms with Crippen LogP contribution in [0, 0.1) is 13.8 Å². The van der Waals surface area contributed by atoms with E-state index in [1.165, 1.54) is 10.2 Å². The van der Waals surface area contributed by atoms with Crippen LogP contribution in [0.4, 0.5) is 5.69 Å². The quantitative estimate of drug-likeness (QED) is 0.501. The van der Waals surface area contributed by atoms with Crippen LogP contribution in [-0.4, -0.2) is 20.8 Å². The molecule has 1 N–H and O–H groups in total. The number of aromatic nitrogens is 1. The van der Waals surface area contributed by atoms with E-state index < -0.39 is 20.0 Å². The van der Waals surface area contributed by atoms with Crippen molar-refractivity contribution >= 4 is 36.6 Å². The molecule has 0 aliphatic rings. The van der Waals surface area contributed by atoms with Gasteiger partial charge in [0.2, 0.25) is 0 Å². The Morgan fingerprint density at radius 1 is 0.700 bits per heavy atom. The summed E-state index contributed by atoms with van der Waals surface area (Å²) in [6.07, 6.45) is 1.47. The lowest BCUT2D eigenvalue weighted by atomic mass is 10.2. The Morgan fingerprint density at radius 2 is 1.27 bits per heavy atom. The van der Waals surface area contributed by atoms with Gasteiger partial charge in [0.15, 0.2) is 0 Å². The van der Waals surface area contributed by atoms with Gasteiger partial charge in [-0.1, -0.05) is 35.4 Å². The van der Waals surface area contributed by atoms with Gasteiger partial charge in [-0.15, -0.1) is 0 Å². The van der Waals surface area contributed by atoms with Crippen molar-refractivity contribution in [3.05, 3.63) is 90.1 Å². The van der Waals surface area contributed by atoms with Gasteiger partial charge in [-0.2, -0.15) is 0 Å². The predicted octanol–water partition coefficient (Wildman–Crippen LogP) is 4.30. The molecule has 30 heavy (non-hydrogen) atoms. The lowest BCUT2D eigenvalue weighted by Crippen LogP contribution is -2.13. The summed E-state index contributed by atoms with van der Waals surface area (Å²) in [5.74, 6) is 0. The van der Waals surface area contributed by atoms with Gasteiger partial charge in [-0.05, 0) is 62.4 Å². The number of hydrogen-bond donors (Lipinski definition) is 1. The molecule has 8 heteroatoms. The first-order valence-corrected chi connectivity index (χ1v) is 12.1. The molecule has 1 heterocycles. The second-order valence-corrected chi connectivity index (χ2v) is 10.6. The second kappa shape index (κ2) is 7.30. The average Bonchev–Trinajstić information content (AvgIpc) is 3.12. The van der Waals surface area contributed by atoms with Gasteiger partial charge < -0.3 is 0 Å². The van der Waals surface area contributed by atoms with E-state index in [1.807, 2.05) is 13.8 Å². The van der Waals surface area contributed by atoms with E-state index in [-0.39, 0.29) is 9.79 Å². The SMILES string of the molecule is Cc1ccc(S(=O)(=O)Nc2ccc3c(ccn3S(=O)(=O)c3ccc(C)cc3)c2)cc1. The zero-order valence-electron chi connectivity index (χ0n) is 16.4. The summed E-state index contributed by atoms with van der Waals surface area (Å²) in [6, 6.07) is 19.6. The maximum absolute atomic E-state index is 13.0. The fourth-order valence-electron chi connectivity index (χ4n) is 3.15. The van der Waals surface area contributed by atoms with Crippen molar-refractivity contribution in [3.8, 4) is 0 Å². The molecule has 0 atom stereocenters. The summed E-state index contributed by atoms with van der Waals surface area (Å²) in [5, 5.41) is 0.606.